The highest BCUT2D eigenvalue weighted by Gasteiger charge is 2.16. The minimum absolute atomic E-state index is 0.0808. The second kappa shape index (κ2) is 5.69. The van der Waals surface area contributed by atoms with Gasteiger partial charge in [-0.25, -0.2) is 0 Å². The molecule has 0 radical (unpaired) electrons. The van der Waals surface area contributed by atoms with Crippen LogP contribution in [0.4, 0.5) is 0 Å². The molecule has 0 bridgehead atoms. The normalized spacial score (nSPS) is 11.6. The SMILES string of the molecule is CCC(C)(C)OCc1cc(OC)ccc1Br. The minimum Gasteiger partial charge on any atom is -0.497 e. The molecule has 0 N–H and O–H groups in total. The number of halogens is 1. The molecular weight excluding hydrogens is 268 g/mol. The third kappa shape index (κ3) is 3.80. The lowest BCUT2D eigenvalue weighted by Gasteiger charge is -2.23. The monoisotopic (exact) mass is 286 g/mol. The smallest absolute Gasteiger partial charge is 0.119 e. The second-order valence-electron chi connectivity index (χ2n) is 4.36. The molecule has 0 aromatic heterocycles. The molecule has 0 unspecified atom stereocenters. The highest BCUT2D eigenvalue weighted by atomic mass is 79.9. The van der Waals surface area contributed by atoms with Crippen LogP contribution in [0, 0.1) is 0 Å². The van der Waals surface area contributed by atoms with Crippen LogP contribution in [0.2, 0.25) is 0 Å². The van der Waals surface area contributed by atoms with Crippen LogP contribution in [0.5, 0.6) is 5.75 Å². The zero-order valence-electron chi connectivity index (χ0n) is 10.3. The van der Waals surface area contributed by atoms with Gasteiger partial charge in [0.1, 0.15) is 5.75 Å². The summed E-state index contributed by atoms with van der Waals surface area (Å²) in [6.07, 6.45) is 0.995. The summed E-state index contributed by atoms with van der Waals surface area (Å²) in [4.78, 5) is 0. The third-order valence-corrected chi connectivity index (χ3v) is 3.50. The topological polar surface area (TPSA) is 18.5 Å². The van der Waals surface area contributed by atoms with E-state index < -0.39 is 0 Å². The molecule has 0 spiro atoms. The van der Waals surface area contributed by atoms with E-state index in [2.05, 4.69) is 36.7 Å². The molecule has 0 aliphatic rings. The highest BCUT2D eigenvalue weighted by Crippen LogP contribution is 2.25. The summed E-state index contributed by atoms with van der Waals surface area (Å²) in [5.41, 5.74) is 1.03. The van der Waals surface area contributed by atoms with Crippen molar-refractivity contribution in [1.29, 1.82) is 0 Å². The average molecular weight is 287 g/mol. The van der Waals surface area contributed by atoms with Gasteiger partial charge in [-0.15, -0.1) is 0 Å². The van der Waals surface area contributed by atoms with Crippen LogP contribution in [0.25, 0.3) is 0 Å². The molecule has 1 rings (SSSR count). The van der Waals surface area contributed by atoms with Crippen LogP contribution in [0.1, 0.15) is 32.8 Å². The summed E-state index contributed by atoms with van der Waals surface area (Å²) in [5.74, 6) is 0.858. The molecule has 2 nitrogen and oxygen atoms in total. The van der Waals surface area contributed by atoms with Gasteiger partial charge in [0.05, 0.1) is 19.3 Å². The third-order valence-electron chi connectivity index (χ3n) is 2.72. The molecule has 0 saturated carbocycles. The Morgan fingerprint density at radius 2 is 2.00 bits per heavy atom. The van der Waals surface area contributed by atoms with Crippen molar-refractivity contribution >= 4 is 15.9 Å². The van der Waals surface area contributed by atoms with E-state index >= 15 is 0 Å². The van der Waals surface area contributed by atoms with Gasteiger partial charge in [0.15, 0.2) is 0 Å². The predicted octanol–water partition coefficient (Wildman–Crippen LogP) is 4.16. The quantitative estimate of drug-likeness (QED) is 0.809. The van der Waals surface area contributed by atoms with Crippen molar-refractivity contribution in [3.05, 3.63) is 28.2 Å². The first-order valence-corrected chi connectivity index (χ1v) is 6.24. The van der Waals surface area contributed by atoms with Crippen molar-refractivity contribution in [2.45, 2.75) is 39.4 Å². The lowest BCUT2D eigenvalue weighted by atomic mass is 10.1. The molecule has 90 valence electrons. The van der Waals surface area contributed by atoms with Crippen molar-refractivity contribution in [2.75, 3.05) is 7.11 Å². The molecule has 0 atom stereocenters. The molecule has 0 aliphatic heterocycles. The van der Waals surface area contributed by atoms with E-state index in [1.807, 2.05) is 18.2 Å². The number of hydrogen-bond donors (Lipinski definition) is 0. The van der Waals surface area contributed by atoms with Crippen LogP contribution >= 0.6 is 15.9 Å². The van der Waals surface area contributed by atoms with E-state index in [1.54, 1.807) is 7.11 Å². The molecule has 1 aromatic carbocycles. The Labute approximate surface area is 106 Å². The Balaban J connectivity index is 2.73. The van der Waals surface area contributed by atoms with Gasteiger partial charge in [-0.3, -0.25) is 0 Å². The minimum atomic E-state index is -0.0808. The maximum atomic E-state index is 5.86. The van der Waals surface area contributed by atoms with Crippen LogP contribution in [0.15, 0.2) is 22.7 Å². The fourth-order valence-electron chi connectivity index (χ4n) is 1.16. The number of rotatable bonds is 5. The summed E-state index contributed by atoms with van der Waals surface area (Å²) in [5, 5.41) is 0. The summed E-state index contributed by atoms with van der Waals surface area (Å²) in [6.45, 7) is 6.92. The first-order chi connectivity index (χ1) is 7.48. The molecule has 0 amide bonds. The van der Waals surface area contributed by atoms with Crippen molar-refractivity contribution in [3.8, 4) is 5.75 Å². The maximum Gasteiger partial charge on any atom is 0.119 e. The van der Waals surface area contributed by atoms with E-state index in [0.717, 1.165) is 22.2 Å². The Morgan fingerprint density at radius 3 is 2.56 bits per heavy atom. The van der Waals surface area contributed by atoms with Gasteiger partial charge in [0.2, 0.25) is 0 Å². The van der Waals surface area contributed by atoms with E-state index in [9.17, 15) is 0 Å². The van der Waals surface area contributed by atoms with Crippen molar-refractivity contribution in [3.63, 3.8) is 0 Å². The molecule has 0 aliphatic carbocycles. The van der Waals surface area contributed by atoms with Crippen LogP contribution in [-0.2, 0) is 11.3 Å². The van der Waals surface area contributed by atoms with Crippen molar-refractivity contribution in [1.82, 2.24) is 0 Å². The van der Waals surface area contributed by atoms with Gasteiger partial charge in [-0.05, 0) is 44.0 Å². The van der Waals surface area contributed by atoms with Gasteiger partial charge in [-0.2, -0.15) is 0 Å². The highest BCUT2D eigenvalue weighted by molar-refractivity contribution is 9.10. The maximum absolute atomic E-state index is 5.86. The summed E-state index contributed by atoms with van der Waals surface area (Å²) >= 11 is 3.51. The fraction of sp³-hybridized carbons (Fsp3) is 0.538. The standard InChI is InChI=1S/C13H19BrO2/c1-5-13(2,3)16-9-10-8-11(15-4)6-7-12(10)14/h6-8H,5,9H2,1-4H3. The fourth-order valence-corrected chi connectivity index (χ4v) is 1.52. The van der Waals surface area contributed by atoms with Gasteiger partial charge in [0.25, 0.3) is 0 Å². The van der Waals surface area contributed by atoms with E-state index in [-0.39, 0.29) is 5.60 Å². The molecule has 3 heteroatoms. The zero-order valence-corrected chi connectivity index (χ0v) is 11.9. The molecular formula is C13H19BrO2. The molecule has 0 heterocycles. The van der Waals surface area contributed by atoms with Crippen LogP contribution in [0.3, 0.4) is 0 Å². The predicted molar refractivity (Wildman–Crippen MR) is 69.9 cm³/mol. The van der Waals surface area contributed by atoms with Gasteiger partial charge in [-0.1, -0.05) is 22.9 Å². The average Bonchev–Trinajstić information content (AvgIpc) is 2.28. The van der Waals surface area contributed by atoms with Gasteiger partial charge < -0.3 is 9.47 Å². The Bertz CT molecular complexity index is 348. The van der Waals surface area contributed by atoms with E-state index in [1.165, 1.54) is 0 Å². The molecule has 0 fully saturated rings. The van der Waals surface area contributed by atoms with Crippen LogP contribution in [-0.4, -0.2) is 12.7 Å². The van der Waals surface area contributed by atoms with Crippen molar-refractivity contribution < 1.29 is 9.47 Å². The van der Waals surface area contributed by atoms with Crippen molar-refractivity contribution in [2.24, 2.45) is 0 Å². The first kappa shape index (κ1) is 13.5. The summed E-state index contributed by atoms with van der Waals surface area (Å²) < 4.78 is 12.1. The van der Waals surface area contributed by atoms with Gasteiger partial charge in [0, 0.05) is 4.47 Å². The second-order valence-corrected chi connectivity index (χ2v) is 5.21. The first-order valence-electron chi connectivity index (χ1n) is 5.45. The zero-order chi connectivity index (χ0) is 12.2. The molecule has 16 heavy (non-hydrogen) atoms. The summed E-state index contributed by atoms with van der Waals surface area (Å²) in [7, 11) is 1.67. The number of methoxy groups -OCH3 is 1. The van der Waals surface area contributed by atoms with Crippen LogP contribution < -0.4 is 4.74 Å². The largest absolute Gasteiger partial charge is 0.497 e. The number of hydrogen-bond acceptors (Lipinski definition) is 2. The Kier molecular flexibility index (Phi) is 4.81. The molecule has 0 saturated heterocycles. The summed E-state index contributed by atoms with van der Waals surface area (Å²) in [6, 6.07) is 5.91. The number of ether oxygens (including phenoxy) is 2. The Hall–Kier alpha value is -0.540. The van der Waals surface area contributed by atoms with E-state index in [4.69, 9.17) is 9.47 Å². The number of benzene rings is 1. The van der Waals surface area contributed by atoms with Gasteiger partial charge >= 0.3 is 0 Å². The molecule has 1 aromatic rings. The lowest BCUT2D eigenvalue weighted by Crippen LogP contribution is -2.22. The lowest BCUT2D eigenvalue weighted by molar-refractivity contribution is -0.0319. The Morgan fingerprint density at radius 1 is 1.31 bits per heavy atom. The van der Waals surface area contributed by atoms with E-state index in [0.29, 0.717) is 6.61 Å².